The summed E-state index contributed by atoms with van der Waals surface area (Å²) in [4.78, 5) is 17.6. The van der Waals surface area contributed by atoms with E-state index in [2.05, 4.69) is 35.4 Å². The van der Waals surface area contributed by atoms with E-state index in [9.17, 15) is 4.79 Å². The molecule has 5 heteroatoms. The fourth-order valence-electron chi connectivity index (χ4n) is 3.94. The molecule has 146 valence electrons. The Kier molecular flexibility index (Phi) is 4.05. The number of aromatic nitrogens is 1. The molecule has 1 fully saturated rings. The predicted molar refractivity (Wildman–Crippen MR) is 111 cm³/mol. The van der Waals surface area contributed by atoms with Gasteiger partial charge in [-0.15, -0.1) is 0 Å². The Balaban J connectivity index is 1.38. The molecule has 0 saturated heterocycles. The number of fused-ring (bicyclic) bond motifs is 1. The highest BCUT2D eigenvalue weighted by molar-refractivity contribution is 6.01. The van der Waals surface area contributed by atoms with E-state index < -0.39 is 5.41 Å². The van der Waals surface area contributed by atoms with Crippen LogP contribution in [0, 0.1) is 13.8 Å². The third kappa shape index (κ3) is 3.12. The topological polar surface area (TPSA) is 60.5 Å². The summed E-state index contributed by atoms with van der Waals surface area (Å²) < 4.78 is 10.9. The van der Waals surface area contributed by atoms with Crippen LogP contribution in [0.4, 0.5) is 5.82 Å². The number of carbonyl (C=O) groups excluding carboxylic acids is 1. The third-order valence-electron chi connectivity index (χ3n) is 5.79. The molecule has 0 spiro atoms. The number of hydrogen-bond donors (Lipinski definition) is 1. The van der Waals surface area contributed by atoms with Crippen LogP contribution in [0.15, 0.2) is 54.7 Å². The van der Waals surface area contributed by atoms with E-state index in [1.165, 1.54) is 5.56 Å². The summed E-state index contributed by atoms with van der Waals surface area (Å²) in [6.45, 7) is 4.35. The smallest absolute Gasteiger partial charge is 0.236 e. The second-order valence-corrected chi connectivity index (χ2v) is 7.86. The van der Waals surface area contributed by atoms with E-state index >= 15 is 0 Å². The van der Waals surface area contributed by atoms with E-state index in [-0.39, 0.29) is 12.7 Å². The van der Waals surface area contributed by atoms with Crippen LogP contribution in [0.1, 0.15) is 29.5 Å². The van der Waals surface area contributed by atoms with Crippen molar-refractivity contribution in [1.29, 1.82) is 0 Å². The Morgan fingerprint density at radius 3 is 2.62 bits per heavy atom. The van der Waals surface area contributed by atoms with Crippen molar-refractivity contribution in [3.8, 4) is 22.6 Å². The third-order valence-corrected chi connectivity index (χ3v) is 5.79. The number of hydrogen-bond acceptors (Lipinski definition) is 4. The highest BCUT2D eigenvalue weighted by Gasteiger charge is 2.51. The van der Waals surface area contributed by atoms with Gasteiger partial charge in [0.25, 0.3) is 0 Å². The van der Waals surface area contributed by atoms with Gasteiger partial charge in [-0.25, -0.2) is 4.98 Å². The first kappa shape index (κ1) is 17.7. The summed E-state index contributed by atoms with van der Waals surface area (Å²) in [7, 11) is 0. The number of carbonyl (C=O) groups is 1. The summed E-state index contributed by atoms with van der Waals surface area (Å²) in [5.41, 5.74) is 4.95. The molecule has 5 rings (SSSR count). The first-order chi connectivity index (χ1) is 14.0. The predicted octanol–water partition coefficient (Wildman–Crippen LogP) is 4.76. The van der Waals surface area contributed by atoms with Gasteiger partial charge in [0.15, 0.2) is 11.5 Å². The molecule has 2 heterocycles. The van der Waals surface area contributed by atoms with Crippen molar-refractivity contribution in [2.24, 2.45) is 0 Å². The standard InChI is InChI=1S/C24H22N2O3/c1-15-4-3-5-17(10-15)19-13-25-22(11-16(19)2)26-23(27)24(8-9-24)18-6-7-20-21(12-18)29-14-28-20/h3-7,10-13H,8-9,14H2,1-2H3,(H,25,26,27). The molecule has 1 aromatic heterocycles. The van der Waals surface area contributed by atoms with Crippen molar-refractivity contribution in [2.75, 3.05) is 12.1 Å². The highest BCUT2D eigenvalue weighted by atomic mass is 16.7. The minimum absolute atomic E-state index is 0.0217. The SMILES string of the molecule is Cc1cccc(-c2cnc(NC(=O)C3(c4ccc5c(c4)OCO5)CC3)cc2C)c1. The number of nitrogens with zero attached hydrogens (tertiary/aromatic N) is 1. The number of amides is 1. The highest BCUT2D eigenvalue weighted by Crippen LogP contribution is 2.51. The number of nitrogens with one attached hydrogen (secondary N) is 1. The number of ether oxygens (including phenoxy) is 2. The molecule has 1 N–H and O–H groups in total. The molecule has 2 aromatic carbocycles. The van der Waals surface area contributed by atoms with Gasteiger partial charge in [-0.05, 0) is 61.6 Å². The largest absolute Gasteiger partial charge is 0.454 e. The summed E-state index contributed by atoms with van der Waals surface area (Å²) >= 11 is 0. The van der Waals surface area contributed by atoms with Gasteiger partial charge in [0, 0.05) is 11.8 Å². The number of pyridine rings is 1. The quantitative estimate of drug-likeness (QED) is 0.702. The van der Waals surface area contributed by atoms with Gasteiger partial charge in [0.2, 0.25) is 12.7 Å². The zero-order chi connectivity index (χ0) is 20.0. The molecule has 1 aliphatic carbocycles. The van der Waals surface area contributed by atoms with Crippen LogP contribution in [0.5, 0.6) is 11.5 Å². The molecule has 3 aromatic rings. The van der Waals surface area contributed by atoms with Crippen molar-refractivity contribution >= 4 is 11.7 Å². The van der Waals surface area contributed by atoms with Gasteiger partial charge in [-0.1, -0.05) is 35.9 Å². The Morgan fingerprint density at radius 1 is 1.03 bits per heavy atom. The molecule has 5 nitrogen and oxygen atoms in total. The lowest BCUT2D eigenvalue weighted by Crippen LogP contribution is -2.28. The first-order valence-corrected chi connectivity index (χ1v) is 9.80. The number of rotatable bonds is 4. The van der Waals surface area contributed by atoms with E-state index in [1.807, 2.05) is 43.5 Å². The second kappa shape index (κ2) is 6.62. The summed E-state index contributed by atoms with van der Waals surface area (Å²) in [5.74, 6) is 1.99. The second-order valence-electron chi connectivity index (χ2n) is 7.86. The fourth-order valence-corrected chi connectivity index (χ4v) is 3.94. The first-order valence-electron chi connectivity index (χ1n) is 9.80. The van der Waals surface area contributed by atoms with Crippen LogP contribution in [-0.4, -0.2) is 17.7 Å². The van der Waals surface area contributed by atoms with Crippen molar-refractivity contribution in [1.82, 2.24) is 4.98 Å². The lowest BCUT2D eigenvalue weighted by molar-refractivity contribution is -0.118. The monoisotopic (exact) mass is 386 g/mol. The van der Waals surface area contributed by atoms with Gasteiger partial charge in [0.1, 0.15) is 5.82 Å². The summed E-state index contributed by atoms with van der Waals surface area (Å²) in [5, 5.41) is 3.02. The molecule has 0 radical (unpaired) electrons. The van der Waals surface area contributed by atoms with Crippen molar-refractivity contribution in [2.45, 2.75) is 32.1 Å². The van der Waals surface area contributed by atoms with Gasteiger partial charge in [-0.3, -0.25) is 4.79 Å². The van der Waals surface area contributed by atoms with Gasteiger partial charge < -0.3 is 14.8 Å². The van der Waals surface area contributed by atoms with Crippen molar-refractivity contribution < 1.29 is 14.3 Å². The van der Waals surface area contributed by atoms with E-state index in [1.54, 1.807) is 0 Å². The maximum atomic E-state index is 13.1. The minimum Gasteiger partial charge on any atom is -0.454 e. The van der Waals surface area contributed by atoms with E-state index in [0.29, 0.717) is 11.6 Å². The number of aryl methyl sites for hydroxylation is 2. The zero-order valence-electron chi connectivity index (χ0n) is 16.5. The number of benzene rings is 2. The van der Waals surface area contributed by atoms with Crippen molar-refractivity contribution in [3.05, 3.63) is 71.4 Å². The molecule has 1 amide bonds. The molecular weight excluding hydrogens is 364 g/mol. The molecule has 1 saturated carbocycles. The summed E-state index contributed by atoms with van der Waals surface area (Å²) in [6, 6.07) is 16.0. The van der Waals surface area contributed by atoms with E-state index in [4.69, 9.17) is 9.47 Å². The minimum atomic E-state index is -0.508. The maximum absolute atomic E-state index is 13.1. The molecule has 0 atom stereocenters. The lowest BCUT2D eigenvalue weighted by Gasteiger charge is -2.16. The number of anilines is 1. The van der Waals surface area contributed by atoms with E-state index in [0.717, 1.165) is 40.8 Å². The Bertz CT molecular complexity index is 1120. The van der Waals surface area contributed by atoms with Gasteiger partial charge in [-0.2, -0.15) is 0 Å². The van der Waals surface area contributed by atoms with Crippen LogP contribution < -0.4 is 14.8 Å². The fraction of sp³-hybridized carbons (Fsp3) is 0.250. The van der Waals surface area contributed by atoms with Crippen LogP contribution in [-0.2, 0) is 10.2 Å². The Hall–Kier alpha value is -3.34. The van der Waals surface area contributed by atoms with Crippen LogP contribution >= 0.6 is 0 Å². The molecule has 1 aliphatic heterocycles. The molecular formula is C24H22N2O3. The molecule has 2 aliphatic rings. The maximum Gasteiger partial charge on any atom is 0.236 e. The summed E-state index contributed by atoms with van der Waals surface area (Å²) in [6.07, 6.45) is 3.47. The van der Waals surface area contributed by atoms with Crippen LogP contribution in [0.3, 0.4) is 0 Å². The average molecular weight is 386 g/mol. The van der Waals surface area contributed by atoms with Crippen molar-refractivity contribution in [3.63, 3.8) is 0 Å². The van der Waals surface area contributed by atoms with Gasteiger partial charge in [0.05, 0.1) is 5.41 Å². The Labute approximate surface area is 169 Å². The van der Waals surface area contributed by atoms with Crippen LogP contribution in [0.2, 0.25) is 0 Å². The van der Waals surface area contributed by atoms with Gasteiger partial charge >= 0.3 is 0 Å². The average Bonchev–Trinajstić information content (AvgIpc) is 3.39. The lowest BCUT2D eigenvalue weighted by atomic mass is 9.94. The molecule has 29 heavy (non-hydrogen) atoms. The zero-order valence-corrected chi connectivity index (χ0v) is 16.5. The molecule has 0 bridgehead atoms. The Morgan fingerprint density at radius 2 is 1.86 bits per heavy atom. The molecule has 0 unspecified atom stereocenters. The normalized spacial score (nSPS) is 15.8. The van der Waals surface area contributed by atoms with Crippen LogP contribution in [0.25, 0.3) is 11.1 Å².